The second-order valence-electron chi connectivity index (χ2n) is 7.86. The smallest absolute Gasteiger partial charge is 0.416 e. The number of amides is 2. The number of nitrogens with one attached hydrogen (secondary N) is 2. The number of anilines is 1. The Morgan fingerprint density at radius 3 is 2.36 bits per heavy atom. The van der Waals surface area contributed by atoms with Gasteiger partial charge in [0.05, 0.1) is 18.0 Å². The number of alkyl halides is 3. The van der Waals surface area contributed by atoms with Gasteiger partial charge in [-0.3, -0.25) is 9.59 Å². The number of furan rings is 1. The van der Waals surface area contributed by atoms with Crippen LogP contribution in [0.1, 0.15) is 42.4 Å². The van der Waals surface area contributed by atoms with Crippen LogP contribution in [0, 0.1) is 0 Å². The summed E-state index contributed by atoms with van der Waals surface area (Å²) in [5.74, 6) is -1.95. The summed E-state index contributed by atoms with van der Waals surface area (Å²) in [6.45, 7) is 0. The van der Waals surface area contributed by atoms with Crippen LogP contribution >= 0.6 is 15.9 Å². The lowest BCUT2D eigenvalue weighted by Gasteiger charge is -2.10. The number of hydrogen-bond acceptors (Lipinski definition) is 6. The minimum absolute atomic E-state index is 0.00846. The lowest BCUT2D eigenvalue weighted by atomic mass is 10.1. The number of carbonyl (C=O) groups excluding carboxylic acids is 3. The molecule has 198 valence electrons. The second-order valence-corrected chi connectivity index (χ2v) is 8.78. The Labute approximate surface area is 227 Å². The van der Waals surface area contributed by atoms with Gasteiger partial charge in [-0.25, -0.2) is 10.2 Å². The van der Waals surface area contributed by atoms with E-state index in [1.165, 1.54) is 54.9 Å². The molecule has 4 rings (SSSR count). The fraction of sp³-hybridized carbons (Fsp3) is 0.0370. The zero-order valence-corrected chi connectivity index (χ0v) is 21.2. The SMILES string of the molecule is O=C(NN=Cc1cc(Br)ccc1OC(=O)c1ccco1)c1cccc(NC(=O)c2cccc(C(F)(F)F)c2)c1. The third kappa shape index (κ3) is 7.20. The molecule has 4 aromatic rings. The van der Waals surface area contributed by atoms with Crippen LogP contribution in [0.25, 0.3) is 0 Å². The Hall–Kier alpha value is -4.71. The van der Waals surface area contributed by atoms with E-state index in [2.05, 4.69) is 31.8 Å². The molecule has 0 saturated heterocycles. The van der Waals surface area contributed by atoms with Gasteiger partial charge in [-0.15, -0.1) is 0 Å². The quantitative estimate of drug-likeness (QED) is 0.112. The molecule has 0 aliphatic heterocycles. The zero-order valence-electron chi connectivity index (χ0n) is 19.7. The first-order valence-electron chi connectivity index (χ1n) is 11.1. The van der Waals surface area contributed by atoms with Crippen LogP contribution in [0.3, 0.4) is 0 Å². The van der Waals surface area contributed by atoms with Crippen molar-refractivity contribution in [1.29, 1.82) is 0 Å². The lowest BCUT2D eigenvalue weighted by molar-refractivity contribution is -0.137. The highest BCUT2D eigenvalue weighted by molar-refractivity contribution is 9.10. The minimum atomic E-state index is -4.59. The van der Waals surface area contributed by atoms with Gasteiger partial charge in [0.1, 0.15) is 5.75 Å². The maximum Gasteiger partial charge on any atom is 0.416 e. The molecule has 1 heterocycles. The van der Waals surface area contributed by atoms with Crippen molar-refractivity contribution >= 4 is 45.6 Å². The van der Waals surface area contributed by atoms with Gasteiger partial charge in [0, 0.05) is 26.9 Å². The van der Waals surface area contributed by atoms with Gasteiger partial charge >= 0.3 is 12.1 Å². The van der Waals surface area contributed by atoms with Gasteiger partial charge in [0.15, 0.2) is 0 Å². The normalized spacial score (nSPS) is 11.3. The first kappa shape index (κ1) is 27.3. The van der Waals surface area contributed by atoms with E-state index in [9.17, 15) is 27.6 Å². The standard InChI is InChI=1S/C27H17BrF3N3O5/c28-20-9-10-22(39-26(37)23-8-3-11-38-23)18(13-20)15-32-34-25(36)17-5-2-7-21(14-17)33-24(35)16-4-1-6-19(12-16)27(29,30)31/h1-15H,(H,33,35)(H,34,36). The molecule has 0 fully saturated rings. The number of ether oxygens (including phenoxy) is 1. The molecule has 39 heavy (non-hydrogen) atoms. The number of hydrazone groups is 1. The minimum Gasteiger partial charge on any atom is -0.457 e. The predicted molar refractivity (Wildman–Crippen MR) is 139 cm³/mol. The third-order valence-corrected chi connectivity index (χ3v) is 5.59. The highest BCUT2D eigenvalue weighted by atomic mass is 79.9. The van der Waals surface area contributed by atoms with E-state index in [1.807, 2.05) is 0 Å². The van der Waals surface area contributed by atoms with Crippen molar-refractivity contribution in [1.82, 2.24) is 5.43 Å². The number of benzene rings is 3. The van der Waals surface area contributed by atoms with Crippen molar-refractivity contribution in [3.8, 4) is 5.75 Å². The van der Waals surface area contributed by atoms with E-state index in [4.69, 9.17) is 9.15 Å². The Bertz CT molecular complexity index is 1550. The first-order valence-corrected chi connectivity index (χ1v) is 11.9. The maximum absolute atomic E-state index is 13.0. The van der Waals surface area contributed by atoms with E-state index in [0.29, 0.717) is 10.0 Å². The monoisotopic (exact) mass is 599 g/mol. The molecule has 0 radical (unpaired) electrons. The maximum atomic E-state index is 13.0. The van der Waals surface area contributed by atoms with Crippen LogP contribution in [0.15, 0.2) is 99.1 Å². The molecule has 0 unspecified atom stereocenters. The molecule has 0 atom stereocenters. The molecule has 2 amide bonds. The molecule has 2 N–H and O–H groups in total. The third-order valence-electron chi connectivity index (χ3n) is 5.10. The zero-order chi connectivity index (χ0) is 28.0. The van der Waals surface area contributed by atoms with Gasteiger partial charge in [-0.2, -0.15) is 18.3 Å². The summed E-state index contributed by atoms with van der Waals surface area (Å²) in [7, 11) is 0. The Kier molecular flexibility index (Phi) is 8.25. The Morgan fingerprint density at radius 1 is 0.897 bits per heavy atom. The number of esters is 1. The van der Waals surface area contributed by atoms with Crippen molar-refractivity contribution in [2.45, 2.75) is 6.18 Å². The largest absolute Gasteiger partial charge is 0.457 e. The summed E-state index contributed by atoms with van der Waals surface area (Å²) < 4.78 is 49.9. The summed E-state index contributed by atoms with van der Waals surface area (Å²) in [6, 6.07) is 17.5. The molecule has 0 bridgehead atoms. The molecule has 0 aliphatic rings. The average Bonchev–Trinajstić information content (AvgIpc) is 3.45. The van der Waals surface area contributed by atoms with Crippen LogP contribution in [0.4, 0.5) is 18.9 Å². The van der Waals surface area contributed by atoms with Gasteiger partial charge in [0.2, 0.25) is 5.76 Å². The van der Waals surface area contributed by atoms with Crippen molar-refractivity contribution in [2.24, 2.45) is 5.10 Å². The predicted octanol–water partition coefficient (Wildman–Crippen LogP) is 6.30. The fourth-order valence-corrected chi connectivity index (χ4v) is 3.64. The van der Waals surface area contributed by atoms with Crippen LogP contribution < -0.4 is 15.5 Å². The molecule has 0 spiro atoms. The van der Waals surface area contributed by atoms with Crippen molar-refractivity contribution < 1.29 is 36.7 Å². The summed E-state index contributed by atoms with van der Waals surface area (Å²) in [4.78, 5) is 37.3. The van der Waals surface area contributed by atoms with Crippen LogP contribution in [-0.2, 0) is 6.18 Å². The van der Waals surface area contributed by atoms with Crippen molar-refractivity contribution in [3.63, 3.8) is 0 Å². The topological polar surface area (TPSA) is 110 Å². The Balaban J connectivity index is 1.42. The van der Waals surface area contributed by atoms with E-state index in [-0.39, 0.29) is 28.3 Å². The number of hydrogen-bond donors (Lipinski definition) is 2. The lowest BCUT2D eigenvalue weighted by Crippen LogP contribution is -2.18. The van der Waals surface area contributed by atoms with Gasteiger partial charge < -0.3 is 14.5 Å². The summed E-state index contributed by atoms with van der Waals surface area (Å²) in [5.41, 5.74) is 1.86. The van der Waals surface area contributed by atoms with E-state index in [0.717, 1.165) is 18.2 Å². The van der Waals surface area contributed by atoms with Crippen molar-refractivity contribution in [3.05, 3.63) is 118 Å². The van der Waals surface area contributed by atoms with Gasteiger partial charge in [-0.05, 0) is 66.7 Å². The highest BCUT2D eigenvalue weighted by Gasteiger charge is 2.30. The molecule has 3 aromatic carbocycles. The average molecular weight is 600 g/mol. The number of halogens is 4. The van der Waals surface area contributed by atoms with Crippen LogP contribution in [-0.4, -0.2) is 24.0 Å². The second kappa shape index (κ2) is 11.8. The van der Waals surface area contributed by atoms with E-state index in [1.54, 1.807) is 18.2 Å². The van der Waals surface area contributed by atoms with Crippen LogP contribution in [0.5, 0.6) is 5.75 Å². The summed E-state index contributed by atoms with van der Waals surface area (Å²) in [5, 5.41) is 6.38. The van der Waals surface area contributed by atoms with Crippen LogP contribution in [0.2, 0.25) is 0 Å². The van der Waals surface area contributed by atoms with Gasteiger partial charge in [0.25, 0.3) is 11.8 Å². The molecule has 12 heteroatoms. The molecular weight excluding hydrogens is 583 g/mol. The molecule has 0 aliphatic carbocycles. The highest BCUT2D eigenvalue weighted by Crippen LogP contribution is 2.29. The number of carbonyl (C=O) groups is 3. The molecule has 0 saturated carbocycles. The van der Waals surface area contributed by atoms with Gasteiger partial charge in [-0.1, -0.05) is 28.1 Å². The Morgan fingerprint density at radius 2 is 1.64 bits per heavy atom. The molecule has 1 aromatic heterocycles. The summed E-state index contributed by atoms with van der Waals surface area (Å²) >= 11 is 3.32. The molecular formula is C27H17BrF3N3O5. The van der Waals surface area contributed by atoms with E-state index < -0.39 is 29.5 Å². The first-order chi connectivity index (χ1) is 18.6. The number of nitrogens with zero attached hydrogens (tertiary/aromatic N) is 1. The van der Waals surface area contributed by atoms with E-state index >= 15 is 0 Å². The van der Waals surface area contributed by atoms with Crippen molar-refractivity contribution in [2.75, 3.05) is 5.32 Å². The number of rotatable bonds is 7. The fourth-order valence-electron chi connectivity index (χ4n) is 3.26. The molecule has 8 nitrogen and oxygen atoms in total. The summed E-state index contributed by atoms with van der Waals surface area (Å²) in [6.07, 6.45) is -1.99.